The van der Waals surface area contributed by atoms with Crippen molar-refractivity contribution in [1.82, 2.24) is 0 Å². The zero-order valence-electron chi connectivity index (χ0n) is 15.1. The van der Waals surface area contributed by atoms with Crippen LogP contribution in [0.3, 0.4) is 0 Å². The first-order chi connectivity index (χ1) is 12.2. The molecule has 1 N–H and O–H groups in total. The number of para-hydroxylation sites is 1. The van der Waals surface area contributed by atoms with Gasteiger partial charge in [0.15, 0.2) is 0 Å². The summed E-state index contributed by atoms with van der Waals surface area (Å²) in [6, 6.07) is 14.6. The predicted molar refractivity (Wildman–Crippen MR) is 102 cm³/mol. The lowest BCUT2D eigenvalue weighted by Gasteiger charge is -2.10. The molecule has 1 amide bonds. The molecule has 4 nitrogen and oxygen atoms in total. The van der Waals surface area contributed by atoms with E-state index in [-0.39, 0.29) is 5.91 Å². The van der Waals surface area contributed by atoms with Gasteiger partial charge in [-0.3, -0.25) is 4.79 Å². The molecule has 2 aromatic carbocycles. The first-order valence-electron chi connectivity index (χ1n) is 8.92. The standard InChI is InChI=1S/C21H27NO3/c1-3-4-5-6-9-16-25-18-14-12-17(13-15-18)22-21(23)19-10-7-8-11-20(19)24-2/h7-8,10-15H,3-6,9,16H2,1-2H3,(H,22,23). The van der Waals surface area contributed by atoms with Crippen LogP contribution in [0, 0.1) is 0 Å². The number of ether oxygens (including phenoxy) is 2. The average Bonchev–Trinajstić information content (AvgIpc) is 2.65. The predicted octanol–water partition coefficient (Wildman–Crippen LogP) is 5.30. The van der Waals surface area contributed by atoms with Gasteiger partial charge in [-0.25, -0.2) is 0 Å². The number of nitrogens with one attached hydrogen (secondary N) is 1. The number of benzene rings is 2. The Balaban J connectivity index is 1.82. The number of carbonyl (C=O) groups excluding carboxylic acids is 1. The molecule has 0 spiro atoms. The molecule has 0 fully saturated rings. The molecule has 0 bridgehead atoms. The number of amides is 1. The Morgan fingerprint density at radius 3 is 2.40 bits per heavy atom. The molecular weight excluding hydrogens is 314 g/mol. The second-order valence-electron chi connectivity index (χ2n) is 5.94. The van der Waals surface area contributed by atoms with E-state index in [0.717, 1.165) is 24.5 Å². The van der Waals surface area contributed by atoms with Crippen LogP contribution >= 0.6 is 0 Å². The molecule has 0 heterocycles. The van der Waals surface area contributed by atoms with Gasteiger partial charge in [0, 0.05) is 5.69 Å². The topological polar surface area (TPSA) is 47.6 Å². The van der Waals surface area contributed by atoms with Gasteiger partial charge < -0.3 is 14.8 Å². The average molecular weight is 341 g/mol. The van der Waals surface area contributed by atoms with E-state index < -0.39 is 0 Å². The van der Waals surface area contributed by atoms with Crippen LogP contribution in [0.2, 0.25) is 0 Å². The summed E-state index contributed by atoms with van der Waals surface area (Å²) < 4.78 is 11.0. The largest absolute Gasteiger partial charge is 0.496 e. The summed E-state index contributed by atoms with van der Waals surface area (Å²) in [7, 11) is 1.56. The Labute approximate surface area is 150 Å². The van der Waals surface area contributed by atoms with Crippen LogP contribution in [0.15, 0.2) is 48.5 Å². The van der Waals surface area contributed by atoms with Crippen molar-refractivity contribution in [3.05, 3.63) is 54.1 Å². The highest BCUT2D eigenvalue weighted by atomic mass is 16.5. The summed E-state index contributed by atoms with van der Waals surface area (Å²) in [6.07, 6.45) is 6.10. The number of anilines is 1. The highest BCUT2D eigenvalue weighted by Crippen LogP contribution is 2.21. The van der Waals surface area contributed by atoms with E-state index in [9.17, 15) is 4.79 Å². The van der Waals surface area contributed by atoms with Gasteiger partial charge in [-0.15, -0.1) is 0 Å². The highest BCUT2D eigenvalue weighted by Gasteiger charge is 2.11. The molecule has 25 heavy (non-hydrogen) atoms. The number of hydrogen-bond acceptors (Lipinski definition) is 3. The number of carbonyl (C=O) groups is 1. The maximum atomic E-state index is 12.4. The normalized spacial score (nSPS) is 10.3. The van der Waals surface area contributed by atoms with Crippen LogP contribution in [-0.4, -0.2) is 19.6 Å². The van der Waals surface area contributed by atoms with E-state index in [4.69, 9.17) is 9.47 Å². The Bertz CT molecular complexity index is 652. The van der Waals surface area contributed by atoms with Gasteiger partial charge in [0.25, 0.3) is 5.91 Å². The molecule has 0 saturated heterocycles. The lowest BCUT2D eigenvalue weighted by Crippen LogP contribution is -2.13. The summed E-state index contributed by atoms with van der Waals surface area (Å²) in [5.41, 5.74) is 1.24. The van der Waals surface area contributed by atoms with E-state index in [0.29, 0.717) is 11.3 Å². The van der Waals surface area contributed by atoms with Crippen molar-refractivity contribution >= 4 is 11.6 Å². The van der Waals surface area contributed by atoms with Gasteiger partial charge in [0.05, 0.1) is 19.3 Å². The van der Waals surface area contributed by atoms with E-state index in [1.807, 2.05) is 36.4 Å². The monoisotopic (exact) mass is 341 g/mol. The summed E-state index contributed by atoms with van der Waals surface area (Å²) in [5.74, 6) is 1.19. The van der Waals surface area contributed by atoms with Crippen molar-refractivity contribution in [3.63, 3.8) is 0 Å². The zero-order chi connectivity index (χ0) is 17.9. The van der Waals surface area contributed by atoms with Crippen molar-refractivity contribution < 1.29 is 14.3 Å². The fraction of sp³-hybridized carbons (Fsp3) is 0.381. The third-order valence-electron chi connectivity index (χ3n) is 3.98. The van der Waals surface area contributed by atoms with Gasteiger partial charge in [-0.1, -0.05) is 44.7 Å². The molecule has 134 valence electrons. The molecular formula is C21H27NO3. The van der Waals surface area contributed by atoms with Crippen molar-refractivity contribution in [3.8, 4) is 11.5 Å². The van der Waals surface area contributed by atoms with Crippen LogP contribution in [0.5, 0.6) is 11.5 Å². The molecule has 0 atom stereocenters. The van der Waals surface area contributed by atoms with Crippen molar-refractivity contribution in [2.24, 2.45) is 0 Å². The molecule has 2 aromatic rings. The third-order valence-corrected chi connectivity index (χ3v) is 3.98. The highest BCUT2D eigenvalue weighted by molar-refractivity contribution is 6.06. The van der Waals surface area contributed by atoms with Gasteiger partial charge in [-0.05, 0) is 42.8 Å². The molecule has 0 saturated carbocycles. The molecule has 4 heteroatoms. The van der Waals surface area contributed by atoms with E-state index in [1.165, 1.54) is 25.7 Å². The van der Waals surface area contributed by atoms with E-state index in [1.54, 1.807) is 19.2 Å². The Kier molecular flexibility index (Phi) is 7.83. The lowest BCUT2D eigenvalue weighted by molar-refractivity contribution is 0.102. The van der Waals surface area contributed by atoms with Crippen LogP contribution in [0.25, 0.3) is 0 Å². The second kappa shape index (κ2) is 10.4. The minimum atomic E-state index is -0.193. The van der Waals surface area contributed by atoms with Gasteiger partial charge >= 0.3 is 0 Å². The molecule has 0 aromatic heterocycles. The quantitative estimate of drug-likeness (QED) is 0.597. The van der Waals surface area contributed by atoms with Gasteiger partial charge in [0.1, 0.15) is 11.5 Å². The lowest BCUT2D eigenvalue weighted by atomic mass is 10.2. The fourth-order valence-electron chi connectivity index (χ4n) is 2.56. The van der Waals surface area contributed by atoms with Crippen LogP contribution < -0.4 is 14.8 Å². The fourth-order valence-corrected chi connectivity index (χ4v) is 2.56. The molecule has 2 rings (SSSR count). The maximum Gasteiger partial charge on any atom is 0.259 e. The maximum absolute atomic E-state index is 12.4. The first kappa shape index (κ1) is 18.8. The van der Waals surface area contributed by atoms with Crippen molar-refractivity contribution in [2.75, 3.05) is 19.0 Å². The second-order valence-corrected chi connectivity index (χ2v) is 5.94. The Morgan fingerprint density at radius 2 is 1.68 bits per heavy atom. The van der Waals surface area contributed by atoms with Crippen LogP contribution in [0.1, 0.15) is 49.4 Å². The summed E-state index contributed by atoms with van der Waals surface area (Å²) in [5, 5.41) is 2.88. The molecule has 0 unspecified atom stereocenters. The Hall–Kier alpha value is -2.49. The number of methoxy groups -OCH3 is 1. The molecule has 0 aliphatic rings. The van der Waals surface area contributed by atoms with Gasteiger partial charge in [0.2, 0.25) is 0 Å². The summed E-state index contributed by atoms with van der Waals surface area (Å²) in [6.45, 7) is 2.95. The summed E-state index contributed by atoms with van der Waals surface area (Å²) in [4.78, 5) is 12.4. The zero-order valence-corrected chi connectivity index (χ0v) is 15.1. The van der Waals surface area contributed by atoms with E-state index >= 15 is 0 Å². The van der Waals surface area contributed by atoms with Crippen molar-refractivity contribution in [1.29, 1.82) is 0 Å². The number of unbranched alkanes of at least 4 members (excludes halogenated alkanes) is 4. The van der Waals surface area contributed by atoms with Crippen LogP contribution in [0.4, 0.5) is 5.69 Å². The van der Waals surface area contributed by atoms with Gasteiger partial charge in [-0.2, -0.15) is 0 Å². The Morgan fingerprint density at radius 1 is 0.960 bits per heavy atom. The minimum Gasteiger partial charge on any atom is -0.496 e. The summed E-state index contributed by atoms with van der Waals surface area (Å²) >= 11 is 0. The SMILES string of the molecule is CCCCCCCOc1ccc(NC(=O)c2ccccc2OC)cc1. The molecule has 0 aliphatic heterocycles. The third kappa shape index (κ3) is 6.14. The van der Waals surface area contributed by atoms with E-state index in [2.05, 4.69) is 12.2 Å². The van der Waals surface area contributed by atoms with Crippen molar-refractivity contribution in [2.45, 2.75) is 39.0 Å². The number of hydrogen-bond donors (Lipinski definition) is 1. The van der Waals surface area contributed by atoms with Crippen LogP contribution in [-0.2, 0) is 0 Å². The molecule has 0 radical (unpaired) electrons. The molecule has 0 aliphatic carbocycles. The number of rotatable bonds is 10. The smallest absolute Gasteiger partial charge is 0.259 e. The first-order valence-corrected chi connectivity index (χ1v) is 8.92. The minimum absolute atomic E-state index is 0.193.